The first kappa shape index (κ1) is 13.5. The molecule has 0 aliphatic heterocycles. The zero-order chi connectivity index (χ0) is 13.7. The third-order valence-electron chi connectivity index (χ3n) is 2.85. The summed E-state index contributed by atoms with van der Waals surface area (Å²) >= 11 is 0. The van der Waals surface area contributed by atoms with Crippen molar-refractivity contribution in [2.75, 3.05) is 30.7 Å². The summed E-state index contributed by atoms with van der Waals surface area (Å²) in [6, 6.07) is 3.57. The Bertz CT molecular complexity index is 446. The molecule has 19 heavy (non-hydrogen) atoms. The molecule has 1 heterocycles. The van der Waals surface area contributed by atoms with Crippen molar-refractivity contribution in [3.8, 4) is 5.88 Å². The van der Waals surface area contributed by atoms with E-state index >= 15 is 0 Å². The number of nitrogens with two attached hydrogens (primary N) is 1. The average Bonchev–Trinajstić information content (AvgIpc) is 3.18. The highest BCUT2D eigenvalue weighted by molar-refractivity contribution is 5.72. The highest BCUT2D eigenvalue weighted by Gasteiger charge is 2.22. The van der Waals surface area contributed by atoms with Gasteiger partial charge in [0, 0.05) is 20.0 Å². The molecule has 0 unspecified atom stereocenters. The van der Waals surface area contributed by atoms with Crippen molar-refractivity contribution < 1.29 is 9.53 Å². The van der Waals surface area contributed by atoms with Crippen molar-refractivity contribution in [2.24, 2.45) is 5.92 Å². The number of anilines is 2. The number of carbonyl (C=O) groups is 1. The van der Waals surface area contributed by atoms with Crippen LogP contribution in [-0.4, -0.2) is 30.6 Å². The third kappa shape index (κ3) is 4.65. The number of hydrogen-bond acceptors (Lipinski definition) is 5. The number of carbonyl (C=O) groups excluding carboxylic acids is 1. The number of nitrogens with one attached hydrogen (secondary N) is 2. The summed E-state index contributed by atoms with van der Waals surface area (Å²) in [6.07, 6.45) is 2.46. The Kier molecular flexibility index (Phi) is 4.43. The van der Waals surface area contributed by atoms with Crippen molar-refractivity contribution in [3.63, 3.8) is 0 Å². The molecule has 1 aromatic heterocycles. The van der Waals surface area contributed by atoms with E-state index in [1.165, 1.54) is 19.8 Å². The number of nitrogen functional groups attached to an aromatic ring is 1. The molecule has 1 aliphatic rings. The normalized spacial score (nSPS) is 13.9. The molecule has 1 fully saturated rings. The molecule has 0 radical (unpaired) electrons. The summed E-state index contributed by atoms with van der Waals surface area (Å²) in [5, 5.41) is 5.81. The van der Waals surface area contributed by atoms with Crippen LogP contribution in [0.4, 0.5) is 11.5 Å². The van der Waals surface area contributed by atoms with Gasteiger partial charge in [0.25, 0.3) is 0 Å². The maximum absolute atomic E-state index is 10.7. The van der Waals surface area contributed by atoms with Gasteiger partial charge in [-0.05, 0) is 30.9 Å². The number of nitrogens with zero attached hydrogens (tertiary/aromatic N) is 1. The standard InChI is InChI=1S/C13H20N4O2/c1-9(18)15-6-7-16-12-5-4-11(14)13(17-12)19-8-10-2-3-10/h4-5,10H,2-3,6-8,14H2,1H3,(H,15,18)(H,16,17). The number of amides is 1. The smallest absolute Gasteiger partial charge is 0.239 e. The molecule has 1 aliphatic carbocycles. The maximum Gasteiger partial charge on any atom is 0.239 e. The molecule has 6 heteroatoms. The molecule has 0 aromatic carbocycles. The number of pyridine rings is 1. The van der Waals surface area contributed by atoms with Gasteiger partial charge in [-0.15, -0.1) is 0 Å². The first-order chi connectivity index (χ1) is 9.15. The predicted octanol–water partition coefficient (Wildman–Crippen LogP) is 1.00. The second kappa shape index (κ2) is 6.26. The lowest BCUT2D eigenvalue weighted by Crippen LogP contribution is -2.26. The summed E-state index contributed by atoms with van der Waals surface area (Å²) in [4.78, 5) is 15.0. The van der Waals surface area contributed by atoms with Gasteiger partial charge >= 0.3 is 0 Å². The Labute approximate surface area is 112 Å². The van der Waals surface area contributed by atoms with Crippen molar-refractivity contribution in [3.05, 3.63) is 12.1 Å². The lowest BCUT2D eigenvalue weighted by molar-refractivity contribution is -0.118. The van der Waals surface area contributed by atoms with Crippen LogP contribution in [0.3, 0.4) is 0 Å². The van der Waals surface area contributed by atoms with E-state index in [1.807, 2.05) is 0 Å². The molecule has 0 spiro atoms. The van der Waals surface area contributed by atoms with E-state index in [0.717, 1.165) is 0 Å². The highest BCUT2D eigenvalue weighted by Crippen LogP contribution is 2.30. The van der Waals surface area contributed by atoms with Gasteiger partial charge in [0.2, 0.25) is 11.8 Å². The van der Waals surface area contributed by atoms with Crippen LogP contribution in [0.2, 0.25) is 0 Å². The largest absolute Gasteiger partial charge is 0.476 e. The second-order valence-corrected chi connectivity index (χ2v) is 4.75. The lowest BCUT2D eigenvalue weighted by Gasteiger charge is -2.10. The molecular weight excluding hydrogens is 244 g/mol. The van der Waals surface area contributed by atoms with Gasteiger partial charge in [-0.1, -0.05) is 0 Å². The Morgan fingerprint density at radius 3 is 2.95 bits per heavy atom. The van der Waals surface area contributed by atoms with Crippen LogP contribution in [0.5, 0.6) is 5.88 Å². The summed E-state index contributed by atoms with van der Waals surface area (Å²) in [5.41, 5.74) is 6.37. The Hall–Kier alpha value is -1.98. The van der Waals surface area contributed by atoms with Gasteiger partial charge in [-0.25, -0.2) is 0 Å². The summed E-state index contributed by atoms with van der Waals surface area (Å²) in [6.45, 7) is 3.34. The third-order valence-corrected chi connectivity index (χ3v) is 2.85. The average molecular weight is 264 g/mol. The summed E-state index contributed by atoms with van der Waals surface area (Å²) in [7, 11) is 0. The van der Waals surface area contributed by atoms with E-state index in [2.05, 4.69) is 15.6 Å². The van der Waals surface area contributed by atoms with E-state index in [9.17, 15) is 4.79 Å². The SMILES string of the molecule is CC(=O)NCCNc1ccc(N)c(OCC2CC2)n1. The van der Waals surface area contributed by atoms with Gasteiger partial charge in [0.15, 0.2) is 0 Å². The number of ether oxygens (including phenoxy) is 1. The highest BCUT2D eigenvalue weighted by atomic mass is 16.5. The topological polar surface area (TPSA) is 89.3 Å². The van der Waals surface area contributed by atoms with Gasteiger partial charge < -0.3 is 21.1 Å². The van der Waals surface area contributed by atoms with E-state index in [1.54, 1.807) is 12.1 Å². The van der Waals surface area contributed by atoms with Crippen LogP contribution in [0.1, 0.15) is 19.8 Å². The zero-order valence-electron chi connectivity index (χ0n) is 11.1. The summed E-state index contributed by atoms with van der Waals surface area (Å²) in [5.74, 6) is 1.81. The first-order valence-corrected chi connectivity index (χ1v) is 6.53. The van der Waals surface area contributed by atoms with E-state index in [-0.39, 0.29) is 5.91 Å². The molecule has 1 amide bonds. The lowest BCUT2D eigenvalue weighted by atomic mass is 10.4. The molecule has 0 atom stereocenters. The van der Waals surface area contributed by atoms with Gasteiger partial charge in [-0.3, -0.25) is 4.79 Å². The molecular formula is C13H20N4O2. The molecule has 1 saturated carbocycles. The number of hydrogen-bond donors (Lipinski definition) is 3. The van der Waals surface area contributed by atoms with Crippen LogP contribution in [-0.2, 0) is 4.79 Å². The van der Waals surface area contributed by atoms with E-state index < -0.39 is 0 Å². The number of aromatic nitrogens is 1. The summed E-state index contributed by atoms with van der Waals surface area (Å²) < 4.78 is 5.60. The Balaban J connectivity index is 1.82. The minimum Gasteiger partial charge on any atom is -0.476 e. The van der Waals surface area contributed by atoms with Crippen molar-refractivity contribution in [1.29, 1.82) is 0 Å². The van der Waals surface area contributed by atoms with E-state index in [4.69, 9.17) is 10.5 Å². The fourth-order valence-electron chi connectivity index (χ4n) is 1.58. The van der Waals surface area contributed by atoms with Crippen molar-refractivity contribution in [2.45, 2.75) is 19.8 Å². The van der Waals surface area contributed by atoms with Crippen molar-refractivity contribution in [1.82, 2.24) is 10.3 Å². The van der Waals surface area contributed by atoms with E-state index in [0.29, 0.717) is 43.0 Å². The second-order valence-electron chi connectivity index (χ2n) is 4.75. The van der Waals surface area contributed by atoms with Crippen LogP contribution in [0.15, 0.2) is 12.1 Å². The fraction of sp³-hybridized carbons (Fsp3) is 0.538. The molecule has 104 valence electrons. The van der Waals surface area contributed by atoms with Crippen LogP contribution < -0.4 is 21.1 Å². The predicted molar refractivity (Wildman–Crippen MR) is 74.0 cm³/mol. The van der Waals surface area contributed by atoms with Crippen LogP contribution >= 0.6 is 0 Å². The molecule has 2 rings (SSSR count). The maximum atomic E-state index is 10.7. The molecule has 1 aromatic rings. The van der Waals surface area contributed by atoms with Gasteiger partial charge in [-0.2, -0.15) is 4.98 Å². The first-order valence-electron chi connectivity index (χ1n) is 6.53. The monoisotopic (exact) mass is 264 g/mol. The minimum absolute atomic E-state index is 0.0412. The zero-order valence-corrected chi connectivity index (χ0v) is 11.1. The van der Waals surface area contributed by atoms with Crippen LogP contribution in [0.25, 0.3) is 0 Å². The van der Waals surface area contributed by atoms with Crippen LogP contribution in [0, 0.1) is 5.92 Å². The number of rotatable bonds is 7. The Morgan fingerprint density at radius 1 is 1.47 bits per heavy atom. The molecule has 6 nitrogen and oxygen atoms in total. The quantitative estimate of drug-likeness (QED) is 0.639. The molecule has 0 bridgehead atoms. The molecule has 0 saturated heterocycles. The minimum atomic E-state index is -0.0412. The molecule has 4 N–H and O–H groups in total. The fourth-order valence-corrected chi connectivity index (χ4v) is 1.58. The van der Waals surface area contributed by atoms with Gasteiger partial charge in [0.1, 0.15) is 5.82 Å². The van der Waals surface area contributed by atoms with Gasteiger partial charge in [0.05, 0.1) is 12.3 Å². The van der Waals surface area contributed by atoms with Crippen molar-refractivity contribution >= 4 is 17.4 Å². The Morgan fingerprint density at radius 2 is 2.26 bits per heavy atom.